The molecule has 6 rings (SSSR count). The molecule has 0 aliphatic heterocycles. The number of rotatable bonds is 3. The molecule has 8 heteroatoms. The minimum Gasteiger partial charge on any atom is -0.337 e. The molecule has 0 spiro atoms. The predicted molar refractivity (Wildman–Crippen MR) is 110 cm³/mol. The number of hydrogen-bond acceptors (Lipinski definition) is 5. The molecule has 1 aromatic carbocycles. The Balaban J connectivity index is 1.54. The van der Waals surface area contributed by atoms with Gasteiger partial charge in [0, 0.05) is 35.1 Å². The van der Waals surface area contributed by atoms with E-state index in [1.54, 1.807) is 24.8 Å². The molecular weight excluding hydrogens is 364 g/mol. The molecule has 5 aromatic heterocycles. The highest BCUT2D eigenvalue weighted by Gasteiger charge is 2.16. The van der Waals surface area contributed by atoms with E-state index in [1.807, 2.05) is 36.5 Å². The first-order valence-corrected chi connectivity index (χ1v) is 9.09. The van der Waals surface area contributed by atoms with Crippen LogP contribution in [0, 0.1) is 0 Å². The number of H-pyrrole nitrogens is 3. The fourth-order valence-electron chi connectivity index (χ4n) is 3.55. The second kappa shape index (κ2) is 6.10. The molecule has 29 heavy (non-hydrogen) atoms. The van der Waals surface area contributed by atoms with Gasteiger partial charge in [0.2, 0.25) is 0 Å². The van der Waals surface area contributed by atoms with Crippen LogP contribution in [0.4, 0.5) is 0 Å². The van der Waals surface area contributed by atoms with Gasteiger partial charge in [-0.05, 0) is 29.8 Å². The first kappa shape index (κ1) is 15.7. The van der Waals surface area contributed by atoms with Crippen molar-refractivity contribution in [1.82, 2.24) is 40.3 Å². The molecule has 8 nitrogen and oxygen atoms in total. The maximum atomic E-state index is 4.88. The maximum absolute atomic E-state index is 4.88. The van der Waals surface area contributed by atoms with Gasteiger partial charge in [-0.15, -0.1) is 0 Å². The van der Waals surface area contributed by atoms with Crippen molar-refractivity contribution in [3.8, 4) is 33.9 Å². The smallest absolute Gasteiger partial charge is 0.159 e. The van der Waals surface area contributed by atoms with Gasteiger partial charge >= 0.3 is 0 Å². The lowest BCUT2D eigenvalue weighted by atomic mass is 10.1. The highest BCUT2D eigenvalue weighted by molar-refractivity contribution is 5.97. The van der Waals surface area contributed by atoms with E-state index < -0.39 is 0 Å². The Morgan fingerprint density at radius 3 is 2.69 bits per heavy atom. The van der Waals surface area contributed by atoms with Gasteiger partial charge < -0.3 is 4.98 Å². The van der Waals surface area contributed by atoms with E-state index in [-0.39, 0.29) is 0 Å². The fraction of sp³-hybridized carbons (Fsp3) is 0. The van der Waals surface area contributed by atoms with Crippen LogP contribution in [0.3, 0.4) is 0 Å². The summed E-state index contributed by atoms with van der Waals surface area (Å²) in [6.45, 7) is 0. The number of imidazole rings is 1. The Bertz CT molecular complexity index is 1440. The van der Waals surface area contributed by atoms with E-state index in [0.29, 0.717) is 5.82 Å². The highest BCUT2D eigenvalue weighted by Crippen LogP contribution is 2.32. The van der Waals surface area contributed by atoms with Crippen molar-refractivity contribution in [1.29, 1.82) is 0 Å². The second-order valence-corrected chi connectivity index (χ2v) is 6.70. The Labute approximate surface area is 164 Å². The Morgan fingerprint density at radius 2 is 1.83 bits per heavy atom. The first-order valence-electron chi connectivity index (χ1n) is 9.09. The number of nitrogens with one attached hydrogen (secondary N) is 3. The zero-order chi connectivity index (χ0) is 19.2. The van der Waals surface area contributed by atoms with E-state index in [9.17, 15) is 0 Å². The number of hydrogen-bond donors (Lipinski definition) is 3. The minimum absolute atomic E-state index is 0.706. The van der Waals surface area contributed by atoms with Crippen molar-refractivity contribution >= 4 is 21.9 Å². The van der Waals surface area contributed by atoms with E-state index in [1.165, 1.54) is 0 Å². The SMILES string of the molecule is c1cc(-c2ccncc2)c2nc(-c3n[nH]c4cnc(-c5cn[nH]c5)cc34)[nH]c2c1. The molecule has 0 unspecified atom stereocenters. The molecule has 0 radical (unpaired) electrons. The minimum atomic E-state index is 0.706. The van der Waals surface area contributed by atoms with Crippen molar-refractivity contribution in [2.45, 2.75) is 0 Å². The molecule has 0 saturated heterocycles. The van der Waals surface area contributed by atoms with E-state index in [2.05, 4.69) is 41.4 Å². The van der Waals surface area contributed by atoms with E-state index in [4.69, 9.17) is 4.98 Å². The molecule has 0 saturated carbocycles. The summed E-state index contributed by atoms with van der Waals surface area (Å²) in [5, 5.41) is 15.3. The zero-order valence-corrected chi connectivity index (χ0v) is 15.1. The molecule has 0 atom stereocenters. The molecule has 0 fully saturated rings. The van der Waals surface area contributed by atoms with Gasteiger partial charge in [0.1, 0.15) is 5.69 Å². The van der Waals surface area contributed by atoms with Crippen LogP contribution in [0.25, 0.3) is 55.8 Å². The van der Waals surface area contributed by atoms with Crippen molar-refractivity contribution < 1.29 is 0 Å². The Kier molecular flexibility index (Phi) is 3.30. The summed E-state index contributed by atoms with van der Waals surface area (Å²) >= 11 is 0. The summed E-state index contributed by atoms with van der Waals surface area (Å²) in [7, 11) is 0. The normalized spacial score (nSPS) is 11.4. The van der Waals surface area contributed by atoms with Crippen LogP contribution in [0.2, 0.25) is 0 Å². The number of fused-ring (bicyclic) bond motifs is 2. The number of benzene rings is 1. The quantitative estimate of drug-likeness (QED) is 0.432. The Morgan fingerprint density at radius 1 is 0.897 bits per heavy atom. The zero-order valence-electron chi connectivity index (χ0n) is 15.1. The van der Waals surface area contributed by atoms with Gasteiger partial charge in [-0.2, -0.15) is 10.2 Å². The van der Waals surface area contributed by atoms with Crippen LogP contribution in [0.1, 0.15) is 0 Å². The van der Waals surface area contributed by atoms with Crippen molar-refractivity contribution in [2.24, 2.45) is 0 Å². The number of pyridine rings is 2. The van der Waals surface area contributed by atoms with Crippen LogP contribution in [-0.4, -0.2) is 40.3 Å². The molecule has 0 aliphatic rings. The molecule has 138 valence electrons. The summed E-state index contributed by atoms with van der Waals surface area (Å²) in [6.07, 6.45) is 8.91. The van der Waals surface area contributed by atoms with E-state index in [0.717, 1.165) is 50.0 Å². The van der Waals surface area contributed by atoms with Crippen molar-refractivity contribution in [2.75, 3.05) is 0 Å². The molecule has 0 amide bonds. The average Bonchev–Trinajstić information content (AvgIpc) is 3.52. The molecule has 6 aromatic rings. The standard InChI is InChI=1S/C21H14N8/c1-2-14(12-4-6-22-7-5-12)19-16(3-1)26-21(27-19)20-15-8-17(13-9-24-25-10-13)23-11-18(15)28-29-20/h1-11H,(H,24,25)(H,26,27)(H,28,29). The second-order valence-electron chi connectivity index (χ2n) is 6.70. The van der Waals surface area contributed by atoms with Crippen LogP contribution in [0.15, 0.2) is 67.4 Å². The van der Waals surface area contributed by atoms with E-state index >= 15 is 0 Å². The van der Waals surface area contributed by atoms with Gasteiger partial charge in [-0.1, -0.05) is 12.1 Å². The average molecular weight is 378 g/mol. The maximum Gasteiger partial charge on any atom is 0.159 e. The number of aromatic amines is 3. The summed E-state index contributed by atoms with van der Waals surface area (Å²) in [5.41, 5.74) is 7.32. The van der Waals surface area contributed by atoms with Gasteiger partial charge in [0.05, 0.1) is 34.6 Å². The first-order chi connectivity index (χ1) is 14.4. The summed E-state index contributed by atoms with van der Waals surface area (Å²) in [4.78, 5) is 16.9. The van der Waals surface area contributed by atoms with Crippen molar-refractivity contribution in [3.05, 3.63) is 67.4 Å². The molecule has 0 bridgehead atoms. The molecule has 0 aliphatic carbocycles. The lowest BCUT2D eigenvalue weighted by Gasteiger charge is -2.01. The summed E-state index contributed by atoms with van der Waals surface area (Å²) in [6, 6.07) is 12.1. The lowest BCUT2D eigenvalue weighted by Crippen LogP contribution is -1.84. The monoisotopic (exact) mass is 378 g/mol. The van der Waals surface area contributed by atoms with Gasteiger partial charge in [0.25, 0.3) is 0 Å². The van der Waals surface area contributed by atoms with Gasteiger partial charge in [0.15, 0.2) is 5.82 Å². The topological polar surface area (TPSA) is 112 Å². The molecule has 5 heterocycles. The number of aromatic nitrogens is 8. The third kappa shape index (κ3) is 2.50. The summed E-state index contributed by atoms with van der Waals surface area (Å²) in [5.74, 6) is 0.706. The van der Waals surface area contributed by atoms with Crippen LogP contribution in [0.5, 0.6) is 0 Å². The largest absolute Gasteiger partial charge is 0.337 e. The third-order valence-electron chi connectivity index (χ3n) is 4.97. The number of nitrogens with zero attached hydrogens (tertiary/aromatic N) is 5. The van der Waals surface area contributed by atoms with Crippen LogP contribution < -0.4 is 0 Å². The lowest BCUT2D eigenvalue weighted by molar-refractivity contribution is 1.09. The predicted octanol–water partition coefficient (Wildman–Crippen LogP) is 3.95. The van der Waals surface area contributed by atoms with Crippen molar-refractivity contribution in [3.63, 3.8) is 0 Å². The number of para-hydroxylation sites is 1. The highest BCUT2D eigenvalue weighted by atomic mass is 15.1. The third-order valence-corrected chi connectivity index (χ3v) is 4.97. The Hall–Kier alpha value is -4.33. The van der Waals surface area contributed by atoms with Crippen LogP contribution >= 0.6 is 0 Å². The van der Waals surface area contributed by atoms with Gasteiger partial charge in [-0.3, -0.25) is 20.2 Å². The van der Waals surface area contributed by atoms with Gasteiger partial charge in [-0.25, -0.2) is 4.98 Å². The molecule has 3 N–H and O–H groups in total. The fourth-order valence-corrected chi connectivity index (χ4v) is 3.55. The van der Waals surface area contributed by atoms with Crippen LogP contribution in [-0.2, 0) is 0 Å². The summed E-state index contributed by atoms with van der Waals surface area (Å²) < 4.78 is 0. The molecular formula is C21H14N8.